The molecule has 1 aromatic carbocycles. The third kappa shape index (κ3) is 2.64. The van der Waals surface area contributed by atoms with E-state index in [9.17, 15) is 9.59 Å². The Morgan fingerprint density at radius 2 is 1.83 bits per heavy atom. The van der Waals surface area contributed by atoms with E-state index in [-0.39, 0.29) is 23.6 Å². The van der Waals surface area contributed by atoms with Crippen molar-refractivity contribution in [3.05, 3.63) is 40.8 Å². The SMILES string of the molecule is O=C(C1CCC1)N1CCC[C@@H](n2nnn(-c3ccccc3)c2=O)C1. The second kappa shape index (κ2) is 6.22. The summed E-state index contributed by atoms with van der Waals surface area (Å²) in [5.41, 5.74) is 0.455. The van der Waals surface area contributed by atoms with E-state index < -0.39 is 0 Å². The van der Waals surface area contributed by atoms with Crippen LogP contribution in [0.25, 0.3) is 5.69 Å². The first-order chi connectivity index (χ1) is 11.7. The lowest BCUT2D eigenvalue weighted by Crippen LogP contribution is -2.46. The second-order valence-electron chi connectivity index (χ2n) is 6.66. The number of piperidine rings is 1. The number of para-hydroxylation sites is 1. The lowest BCUT2D eigenvalue weighted by Gasteiger charge is -2.36. The van der Waals surface area contributed by atoms with Crippen molar-refractivity contribution in [2.75, 3.05) is 13.1 Å². The first-order valence-electron chi connectivity index (χ1n) is 8.63. The Hall–Kier alpha value is -2.44. The van der Waals surface area contributed by atoms with Gasteiger partial charge in [0.1, 0.15) is 0 Å². The molecule has 1 aliphatic carbocycles. The van der Waals surface area contributed by atoms with Gasteiger partial charge in [0.2, 0.25) is 5.91 Å². The van der Waals surface area contributed by atoms with Crippen LogP contribution < -0.4 is 5.69 Å². The fourth-order valence-electron chi connectivity index (χ4n) is 3.49. The van der Waals surface area contributed by atoms with Crippen molar-refractivity contribution in [2.24, 2.45) is 5.92 Å². The van der Waals surface area contributed by atoms with Crippen LogP contribution in [-0.2, 0) is 4.79 Å². The number of hydrogen-bond donors (Lipinski definition) is 0. The number of rotatable bonds is 3. The van der Waals surface area contributed by atoms with Gasteiger partial charge in [-0.15, -0.1) is 0 Å². The molecule has 7 heteroatoms. The van der Waals surface area contributed by atoms with Gasteiger partial charge in [0, 0.05) is 19.0 Å². The van der Waals surface area contributed by atoms with Gasteiger partial charge in [-0.1, -0.05) is 24.6 Å². The van der Waals surface area contributed by atoms with Crippen LogP contribution in [0.5, 0.6) is 0 Å². The van der Waals surface area contributed by atoms with Crippen LogP contribution in [0.1, 0.15) is 38.1 Å². The summed E-state index contributed by atoms with van der Waals surface area (Å²) in [5.74, 6) is 0.440. The zero-order valence-corrected chi connectivity index (χ0v) is 13.5. The maximum absolute atomic E-state index is 12.6. The van der Waals surface area contributed by atoms with Crippen molar-refractivity contribution in [3.8, 4) is 5.69 Å². The molecule has 0 spiro atoms. The molecule has 2 aliphatic rings. The average molecular weight is 327 g/mol. The number of nitrogens with zero attached hydrogens (tertiary/aromatic N) is 5. The lowest BCUT2D eigenvalue weighted by atomic mass is 9.84. The Kier molecular flexibility index (Phi) is 3.92. The van der Waals surface area contributed by atoms with E-state index in [0.29, 0.717) is 12.2 Å². The van der Waals surface area contributed by atoms with Crippen molar-refractivity contribution in [1.82, 2.24) is 24.7 Å². The van der Waals surface area contributed by atoms with Crippen LogP contribution in [0.3, 0.4) is 0 Å². The monoisotopic (exact) mass is 327 g/mol. The van der Waals surface area contributed by atoms with Crippen LogP contribution in [-0.4, -0.2) is 43.7 Å². The largest absolute Gasteiger partial charge is 0.368 e. The molecule has 1 saturated carbocycles. The molecule has 1 atom stereocenters. The summed E-state index contributed by atoms with van der Waals surface area (Å²) in [7, 11) is 0. The minimum atomic E-state index is -0.246. The molecule has 2 fully saturated rings. The van der Waals surface area contributed by atoms with Crippen molar-refractivity contribution >= 4 is 5.91 Å². The first kappa shape index (κ1) is 15.1. The molecule has 7 nitrogen and oxygen atoms in total. The van der Waals surface area contributed by atoms with Crippen LogP contribution >= 0.6 is 0 Å². The molecule has 0 bridgehead atoms. The number of hydrogen-bond acceptors (Lipinski definition) is 4. The highest BCUT2D eigenvalue weighted by Crippen LogP contribution is 2.30. The summed E-state index contributed by atoms with van der Waals surface area (Å²) in [6.45, 7) is 1.34. The molecule has 0 unspecified atom stereocenters. The van der Waals surface area contributed by atoms with Gasteiger partial charge < -0.3 is 4.90 Å². The quantitative estimate of drug-likeness (QED) is 0.854. The molecule has 24 heavy (non-hydrogen) atoms. The molecule has 0 radical (unpaired) electrons. The highest BCUT2D eigenvalue weighted by atomic mass is 16.2. The van der Waals surface area contributed by atoms with Crippen LogP contribution in [0.4, 0.5) is 0 Å². The Labute approximate surface area is 139 Å². The zero-order chi connectivity index (χ0) is 16.5. The molecule has 1 aliphatic heterocycles. The van der Waals surface area contributed by atoms with E-state index in [0.717, 1.165) is 38.6 Å². The third-order valence-corrected chi connectivity index (χ3v) is 5.11. The summed E-state index contributed by atoms with van der Waals surface area (Å²) in [6.07, 6.45) is 4.91. The lowest BCUT2D eigenvalue weighted by molar-refractivity contribution is -0.139. The van der Waals surface area contributed by atoms with Gasteiger partial charge in [0.25, 0.3) is 0 Å². The predicted octanol–water partition coefficient (Wildman–Crippen LogP) is 1.39. The van der Waals surface area contributed by atoms with Gasteiger partial charge in [-0.05, 0) is 48.2 Å². The molecule has 0 N–H and O–H groups in total. The van der Waals surface area contributed by atoms with E-state index in [1.807, 2.05) is 35.2 Å². The highest BCUT2D eigenvalue weighted by Gasteiger charge is 2.33. The Morgan fingerprint density at radius 3 is 2.54 bits per heavy atom. The number of aromatic nitrogens is 4. The molecule has 1 amide bonds. The zero-order valence-electron chi connectivity index (χ0n) is 13.5. The summed E-state index contributed by atoms with van der Waals surface area (Å²) in [6, 6.07) is 9.18. The van der Waals surface area contributed by atoms with E-state index in [1.54, 1.807) is 0 Å². The minimum Gasteiger partial charge on any atom is -0.340 e. The van der Waals surface area contributed by atoms with Gasteiger partial charge in [0.15, 0.2) is 0 Å². The van der Waals surface area contributed by atoms with Gasteiger partial charge in [-0.25, -0.2) is 4.79 Å². The topological polar surface area (TPSA) is 73.0 Å². The number of tetrazole rings is 1. The molecule has 126 valence electrons. The standard InChI is InChI=1S/C17H21N5O2/c23-16(13-6-4-7-13)20-11-5-10-15(12-20)22-17(24)21(18-19-22)14-8-2-1-3-9-14/h1-3,8-9,13,15H,4-7,10-12H2/t15-/m1/s1. The number of carbonyl (C=O) groups excluding carboxylic acids is 1. The van der Waals surface area contributed by atoms with E-state index in [1.165, 1.54) is 9.36 Å². The molecule has 2 aromatic rings. The molecule has 4 rings (SSSR count). The number of benzene rings is 1. The van der Waals surface area contributed by atoms with Gasteiger partial charge in [-0.2, -0.15) is 9.36 Å². The number of amides is 1. The Balaban J connectivity index is 1.54. The van der Waals surface area contributed by atoms with Crippen molar-refractivity contribution in [2.45, 2.75) is 38.1 Å². The van der Waals surface area contributed by atoms with Crippen LogP contribution in [0, 0.1) is 5.92 Å². The predicted molar refractivity (Wildman–Crippen MR) is 87.8 cm³/mol. The normalized spacial score (nSPS) is 21.5. The molecule has 2 heterocycles. The smallest absolute Gasteiger partial charge is 0.340 e. The fraction of sp³-hybridized carbons (Fsp3) is 0.529. The van der Waals surface area contributed by atoms with Crippen LogP contribution in [0.15, 0.2) is 35.1 Å². The van der Waals surface area contributed by atoms with Crippen molar-refractivity contribution < 1.29 is 4.79 Å². The number of carbonyl (C=O) groups is 1. The maximum Gasteiger partial charge on any atom is 0.368 e. The molecular weight excluding hydrogens is 306 g/mol. The summed E-state index contributed by atoms with van der Waals surface area (Å²) in [4.78, 5) is 27.0. The maximum atomic E-state index is 12.6. The summed E-state index contributed by atoms with van der Waals surface area (Å²) >= 11 is 0. The number of likely N-dealkylation sites (tertiary alicyclic amines) is 1. The summed E-state index contributed by atoms with van der Waals surface area (Å²) < 4.78 is 2.75. The third-order valence-electron chi connectivity index (χ3n) is 5.11. The van der Waals surface area contributed by atoms with Crippen LogP contribution in [0.2, 0.25) is 0 Å². The molecule has 1 saturated heterocycles. The Morgan fingerprint density at radius 1 is 1.04 bits per heavy atom. The van der Waals surface area contributed by atoms with Gasteiger partial charge in [0.05, 0.1) is 11.7 Å². The molecule has 1 aromatic heterocycles. The van der Waals surface area contributed by atoms with E-state index in [4.69, 9.17) is 0 Å². The second-order valence-corrected chi connectivity index (χ2v) is 6.66. The minimum absolute atomic E-state index is 0.0901. The highest BCUT2D eigenvalue weighted by molar-refractivity contribution is 5.79. The average Bonchev–Trinajstić information content (AvgIpc) is 2.96. The first-order valence-corrected chi connectivity index (χ1v) is 8.63. The summed E-state index contributed by atoms with van der Waals surface area (Å²) in [5, 5.41) is 8.07. The Bertz CT molecular complexity index is 778. The van der Waals surface area contributed by atoms with Crippen molar-refractivity contribution in [3.63, 3.8) is 0 Å². The van der Waals surface area contributed by atoms with E-state index >= 15 is 0 Å². The van der Waals surface area contributed by atoms with Gasteiger partial charge in [-0.3, -0.25) is 4.79 Å². The van der Waals surface area contributed by atoms with E-state index in [2.05, 4.69) is 10.4 Å². The van der Waals surface area contributed by atoms with Gasteiger partial charge >= 0.3 is 5.69 Å². The fourth-order valence-corrected chi connectivity index (χ4v) is 3.49. The van der Waals surface area contributed by atoms with Crippen molar-refractivity contribution in [1.29, 1.82) is 0 Å². The molecular formula is C17H21N5O2.